The van der Waals surface area contributed by atoms with Gasteiger partial charge in [-0.3, -0.25) is 0 Å². The number of rotatable bonds is 2. The van der Waals surface area contributed by atoms with Gasteiger partial charge < -0.3 is 9.47 Å². The summed E-state index contributed by atoms with van der Waals surface area (Å²) in [5.41, 5.74) is 0. The topological polar surface area (TPSA) is 18.5 Å². The molecule has 0 aromatic heterocycles. The van der Waals surface area contributed by atoms with Crippen molar-refractivity contribution >= 4 is 0 Å². The lowest BCUT2D eigenvalue weighted by Gasteiger charge is -1.93. The number of hydrogen-bond donors (Lipinski definition) is 0. The van der Waals surface area contributed by atoms with Crippen LogP contribution in [0.3, 0.4) is 0 Å². The van der Waals surface area contributed by atoms with Gasteiger partial charge in [0.25, 0.3) is 0 Å². The van der Waals surface area contributed by atoms with Gasteiger partial charge in [0.1, 0.15) is 11.5 Å². The first kappa shape index (κ1) is 16.0. The molecule has 0 aliphatic heterocycles. The highest BCUT2D eigenvalue weighted by Gasteiger charge is 1.80. The molecule has 0 aliphatic carbocycles. The number of benzene rings is 2. The first-order valence-electron chi connectivity index (χ1n) is 6.05. The van der Waals surface area contributed by atoms with Crippen molar-refractivity contribution in [3.05, 3.63) is 60.7 Å². The summed E-state index contributed by atoms with van der Waals surface area (Å²) in [6.45, 7) is 4.00. The molecule has 0 radical (unpaired) electrons. The van der Waals surface area contributed by atoms with Gasteiger partial charge in [-0.05, 0) is 24.3 Å². The van der Waals surface area contributed by atoms with Crippen LogP contribution in [0.15, 0.2) is 60.7 Å². The lowest BCUT2D eigenvalue weighted by Crippen LogP contribution is -1.78. The predicted molar refractivity (Wildman–Crippen MR) is 77.3 cm³/mol. The van der Waals surface area contributed by atoms with Crippen LogP contribution in [0.25, 0.3) is 0 Å². The Kier molecular flexibility index (Phi) is 10.3. The van der Waals surface area contributed by atoms with Gasteiger partial charge in [-0.15, -0.1) is 0 Å². The summed E-state index contributed by atoms with van der Waals surface area (Å²) >= 11 is 0. The van der Waals surface area contributed by atoms with Crippen molar-refractivity contribution in [1.29, 1.82) is 0 Å². The van der Waals surface area contributed by atoms with Crippen LogP contribution < -0.4 is 9.47 Å². The molecule has 0 bridgehead atoms. The Balaban J connectivity index is 0.000000283. The third-order valence-corrected chi connectivity index (χ3v) is 1.96. The first-order valence-corrected chi connectivity index (χ1v) is 6.05. The van der Waals surface area contributed by atoms with Crippen LogP contribution in [-0.4, -0.2) is 14.2 Å². The van der Waals surface area contributed by atoms with E-state index < -0.39 is 0 Å². The van der Waals surface area contributed by atoms with E-state index in [4.69, 9.17) is 9.47 Å². The second-order valence-corrected chi connectivity index (χ2v) is 3.03. The number of para-hydroxylation sites is 2. The number of methoxy groups -OCH3 is 2. The van der Waals surface area contributed by atoms with Crippen LogP contribution in [0.4, 0.5) is 0 Å². The van der Waals surface area contributed by atoms with Gasteiger partial charge in [-0.2, -0.15) is 0 Å². The summed E-state index contributed by atoms with van der Waals surface area (Å²) in [5.74, 6) is 1.82. The molecule has 0 heterocycles. The Morgan fingerprint density at radius 1 is 0.556 bits per heavy atom. The molecule has 0 unspecified atom stereocenters. The molecule has 0 N–H and O–H groups in total. The maximum Gasteiger partial charge on any atom is 0.118 e. The maximum absolute atomic E-state index is 4.91. The average Bonchev–Trinajstić information content (AvgIpc) is 2.51. The van der Waals surface area contributed by atoms with Gasteiger partial charge in [0, 0.05) is 0 Å². The Morgan fingerprint density at radius 3 is 1.00 bits per heavy atom. The second kappa shape index (κ2) is 11.5. The summed E-state index contributed by atoms with van der Waals surface area (Å²) < 4.78 is 9.83. The summed E-state index contributed by atoms with van der Waals surface area (Å²) in [4.78, 5) is 0. The lowest BCUT2D eigenvalue weighted by molar-refractivity contribution is 0.414. The van der Waals surface area contributed by atoms with E-state index in [0.29, 0.717) is 0 Å². The largest absolute Gasteiger partial charge is 0.497 e. The van der Waals surface area contributed by atoms with Gasteiger partial charge in [-0.25, -0.2) is 0 Å². The Bertz CT molecular complexity index is 331. The van der Waals surface area contributed by atoms with Crippen LogP contribution in [0.2, 0.25) is 0 Å². The molecule has 2 nitrogen and oxygen atoms in total. The zero-order chi connectivity index (χ0) is 13.6. The highest BCUT2D eigenvalue weighted by Crippen LogP contribution is 2.06. The Morgan fingerprint density at radius 2 is 0.833 bits per heavy atom. The van der Waals surface area contributed by atoms with Crippen LogP contribution >= 0.6 is 0 Å². The minimum atomic E-state index is 0.910. The molecule has 0 aliphatic rings. The third kappa shape index (κ3) is 7.34. The second-order valence-electron chi connectivity index (χ2n) is 3.03. The lowest BCUT2D eigenvalue weighted by atomic mass is 10.3. The fraction of sp³-hybridized carbons (Fsp3) is 0.250. The fourth-order valence-corrected chi connectivity index (χ4v) is 1.11. The maximum atomic E-state index is 4.91. The van der Waals surface area contributed by atoms with E-state index in [-0.39, 0.29) is 0 Å². The van der Waals surface area contributed by atoms with E-state index in [1.54, 1.807) is 14.2 Å². The molecule has 98 valence electrons. The smallest absolute Gasteiger partial charge is 0.118 e. The molecule has 2 rings (SSSR count). The molecule has 0 amide bonds. The van der Waals surface area contributed by atoms with E-state index in [9.17, 15) is 0 Å². The van der Waals surface area contributed by atoms with E-state index >= 15 is 0 Å². The molecular weight excluding hydrogens is 224 g/mol. The van der Waals surface area contributed by atoms with Crippen molar-refractivity contribution in [2.24, 2.45) is 0 Å². The monoisotopic (exact) mass is 246 g/mol. The van der Waals surface area contributed by atoms with Crippen molar-refractivity contribution < 1.29 is 9.47 Å². The average molecular weight is 246 g/mol. The quantitative estimate of drug-likeness (QED) is 0.781. The van der Waals surface area contributed by atoms with Crippen molar-refractivity contribution in [2.45, 2.75) is 13.8 Å². The Labute approximate surface area is 110 Å². The predicted octanol–water partition coefficient (Wildman–Crippen LogP) is 4.42. The van der Waals surface area contributed by atoms with Crippen LogP contribution in [0.1, 0.15) is 13.8 Å². The molecule has 0 saturated heterocycles. The van der Waals surface area contributed by atoms with Gasteiger partial charge in [0.2, 0.25) is 0 Å². The minimum Gasteiger partial charge on any atom is -0.497 e. The molecular formula is C16H22O2. The Hall–Kier alpha value is -1.96. The molecule has 2 aromatic rings. The van der Waals surface area contributed by atoms with Crippen LogP contribution in [-0.2, 0) is 0 Å². The summed E-state index contributed by atoms with van der Waals surface area (Å²) in [6.07, 6.45) is 0. The van der Waals surface area contributed by atoms with Gasteiger partial charge in [-0.1, -0.05) is 50.2 Å². The molecule has 0 spiro atoms. The molecule has 2 heteroatoms. The van der Waals surface area contributed by atoms with Crippen LogP contribution in [0.5, 0.6) is 11.5 Å². The van der Waals surface area contributed by atoms with E-state index in [1.165, 1.54) is 0 Å². The molecule has 18 heavy (non-hydrogen) atoms. The van der Waals surface area contributed by atoms with Crippen molar-refractivity contribution in [3.8, 4) is 11.5 Å². The van der Waals surface area contributed by atoms with Gasteiger partial charge >= 0.3 is 0 Å². The highest BCUT2D eigenvalue weighted by atomic mass is 16.5. The van der Waals surface area contributed by atoms with Crippen molar-refractivity contribution in [1.82, 2.24) is 0 Å². The van der Waals surface area contributed by atoms with Gasteiger partial charge in [0.05, 0.1) is 14.2 Å². The molecule has 0 fully saturated rings. The van der Waals surface area contributed by atoms with Crippen LogP contribution in [0, 0.1) is 0 Å². The molecule has 0 saturated carbocycles. The zero-order valence-corrected chi connectivity index (χ0v) is 11.6. The van der Waals surface area contributed by atoms with Crippen molar-refractivity contribution in [3.63, 3.8) is 0 Å². The highest BCUT2D eigenvalue weighted by molar-refractivity contribution is 5.21. The minimum absolute atomic E-state index is 0.910. The third-order valence-electron chi connectivity index (χ3n) is 1.96. The van der Waals surface area contributed by atoms with Crippen molar-refractivity contribution in [2.75, 3.05) is 14.2 Å². The summed E-state index contributed by atoms with van der Waals surface area (Å²) in [6, 6.07) is 19.4. The summed E-state index contributed by atoms with van der Waals surface area (Å²) in [5, 5.41) is 0. The van der Waals surface area contributed by atoms with Gasteiger partial charge in [0.15, 0.2) is 0 Å². The molecule has 0 atom stereocenters. The molecule has 2 aromatic carbocycles. The van der Waals surface area contributed by atoms with E-state index in [0.717, 1.165) is 11.5 Å². The first-order chi connectivity index (χ1) is 8.86. The standard InChI is InChI=1S/2C7H8O.C2H6/c2*1-8-7-5-3-2-4-6-7;1-2/h2*2-6H,1H3;1-2H3. The fourth-order valence-electron chi connectivity index (χ4n) is 1.11. The SMILES string of the molecule is CC.COc1ccccc1.COc1ccccc1. The number of hydrogen-bond acceptors (Lipinski definition) is 2. The van der Waals surface area contributed by atoms with E-state index in [1.807, 2.05) is 74.5 Å². The normalized spacial score (nSPS) is 8.00. The number of ether oxygens (including phenoxy) is 2. The van der Waals surface area contributed by atoms with E-state index in [2.05, 4.69) is 0 Å². The summed E-state index contributed by atoms with van der Waals surface area (Å²) in [7, 11) is 3.32. The zero-order valence-electron chi connectivity index (χ0n) is 11.6.